The smallest absolute Gasteiger partial charge is 0.137 e. The van der Waals surface area contributed by atoms with Crippen LogP contribution in [0.25, 0.3) is 16.9 Å². The summed E-state index contributed by atoms with van der Waals surface area (Å²) in [6.45, 7) is 5.01. The molecule has 3 aromatic rings. The van der Waals surface area contributed by atoms with Crippen molar-refractivity contribution in [3.05, 3.63) is 56.7 Å². The summed E-state index contributed by atoms with van der Waals surface area (Å²) in [5, 5.41) is 4.71. The number of aromatic nitrogens is 2. The molecule has 1 N–H and O–H groups in total. The molecule has 0 amide bonds. The number of benzene rings is 1. The number of pyridine rings is 1. The Kier molecular flexibility index (Phi) is 5.53. The Balaban J connectivity index is 1.83. The molecule has 0 saturated carbocycles. The van der Waals surface area contributed by atoms with Crippen molar-refractivity contribution in [2.45, 2.75) is 13.0 Å². The van der Waals surface area contributed by atoms with Crippen LogP contribution >= 0.6 is 39.1 Å². The third-order valence-corrected chi connectivity index (χ3v) is 5.69. The normalized spacial score (nSPS) is 16.1. The molecule has 1 aliphatic heterocycles. The van der Waals surface area contributed by atoms with Gasteiger partial charge in [0.1, 0.15) is 5.65 Å². The van der Waals surface area contributed by atoms with E-state index in [1.165, 1.54) is 0 Å². The summed E-state index contributed by atoms with van der Waals surface area (Å²) in [6, 6.07) is 9.62. The van der Waals surface area contributed by atoms with Gasteiger partial charge in [0.15, 0.2) is 0 Å². The fourth-order valence-electron chi connectivity index (χ4n) is 3.39. The first-order valence-corrected chi connectivity index (χ1v) is 10.2. The van der Waals surface area contributed by atoms with Crippen molar-refractivity contribution in [2.24, 2.45) is 0 Å². The Labute approximate surface area is 171 Å². The summed E-state index contributed by atoms with van der Waals surface area (Å²) in [4.78, 5) is 7.35. The molecule has 7 heteroatoms. The van der Waals surface area contributed by atoms with Crippen molar-refractivity contribution in [3.8, 4) is 11.3 Å². The quantitative estimate of drug-likeness (QED) is 0.614. The van der Waals surface area contributed by atoms with Gasteiger partial charge in [-0.05, 0) is 65.8 Å². The molecule has 0 unspecified atom stereocenters. The summed E-state index contributed by atoms with van der Waals surface area (Å²) in [5.74, 6) is 0. The van der Waals surface area contributed by atoms with Gasteiger partial charge in [0, 0.05) is 40.9 Å². The zero-order chi connectivity index (χ0) is 18.1. The van der Waals surface area contributed by atoms with Gasteiger partial charge in [-0.25, -0.2) is 4.98 Å². The molecule has 1 fully saturated rings. The molecule has 0 atom stereocenters. The molecule has 1 aliphatic rings. The monoisotopic (exact) mass is 452 g/mol. The van der Waals surface area contributed by atoms with Crippen molar-refractivity contribution < 1.29 is 0 Å². The molecule has 26 heavy (non-hydrogen) atoms. The van der Waals surface area contributed by atoms with Crippen molar-refractivity contribution in [1.82, 2.24) is 19.6 Å². The fraction of sp³-hybridized carbons (Fsp3) is 0.316. The molecule has 0 spiro atoms. The molecule has 4 rings (SSSR count). The fourth-order valence-corrected chi connectivity index (χ4v) is 4.22. The van der Waals surface area contributed by atoms with Crippen LogP contribution in [0.4, 0.5) is 0 Å². The highest BCUT2D eigenvalue weighted by molar-refractivity contribution is 9.10. The highest BCUT2D eigenvalue weighted by atomic mass is 79.9. The minimum absolute atomic E-state index is 0.624. The van der Waals surface area contributed by atoms with E-state index < -0.39 is 0 Å². The number of fused-ring (bicyclic) bond motifs is 1. The van der Waals surface area contributed by atoms with E-state index in [4.69, 9.17) is 28.2 Å². The van der Waals surface area contributed by atoms with E-state index in [0.717, 1.165) is 66.2 Å². The van der Waals surface area contributed by atoms with E-state index in [1.54, 1.807) is 6.07 Å². The van der Waals surface area contributed by atoms with E-state index in [1.807, 2.05) is 24.3 Å². The average Bonchev–Trinajstić information content (AvgIpc) is 2.79. The van der Waals surface area contributed by atoms with E-state index in [2.05, 4.69) is 36.7 Å². The predicted molar refractivity (Wildman–Crippen MR) is 111 cm³/mol. The van der Waals surface area contributed by atoms with Gasteiger partial charge in [0.2, 0.25) is 0 Å². The van der Waals surface area contributed by atoms with Crippen molar-refractivity contribution in [1.29, 1.82) is 0 Å². The Morgan fingerprint density at radius 1 is 1.12 bits per heavy atom. The molecule has 0 aliphatic carbocycles. The lowest BCUT2D eigenvalue weighted by atomic mass is 10.1. The number of hydrogen-bond donors (Lipinski definition) is 1. The van der Waals surface area contributed by atoms with Crippen LogP contribution in [0.15, 0.2) is 41.0 Å². The first kappa shape index (κ1) is 18.3. The second-order valence-electron chi connectivity index (χ2n) is 6.49. The Morgan fingerprint density at radius 3 is 2.85 bits per heavy atom. The molecule has 136 valence electrons. The SMILES string of the molecule is Clc1ccc(-c2nc3ccc(Br)cn3c2CN2CCCNCC2)c(Cl)c1. The van der Waals surface area contributed by atoms with Gasteiger partial charge in [-0.3, -0.25) is 4.90 Å². The van der Waals surface area contributed by atoms with Crippen molar-refractivity contribution >= 4 is 44.8 Å². The highest BCUT2D eigenvalue weighted by Crippen LogP contribution is 2.33. The van der Waals surface area contributed by atoms with Crippen LogP contribution in [0.3, 0.4) is 0 Å². The highest BCUT2D eigenvalue weighted by Gasteiger charge is 2.20. The van der Waals surface area contributed by atoms with Gasteiger partial charge in [-0.15, -0.1) is 0 Å². The Bertz CT molecular complexity index is 933. The van der Waals surface area contributed by atoms with Crippen molar-refractivity contribution in [3.63, 3.8) is 0 Å². The standard InChI is InChI=1S/C19H19BrCl2N4/c20-13-2-5-18-24-19(15-4-3-14(21)10-16(15)22)17(26(18)11-13)12-25-8-1-6-23-7-9-25/h2-5,10-11,23H,1,6-9,12H2. The van der Waals surface area contributed by atoms with Crippen LogP contribution in [-0.2, 0) is 6.54 Å². The maximum atomic E-state index is 6.50. The molecular formula is C19H19BrCl2N4. The lowest BCUT2D eigenvalue weighted by molar-refractivity contribution is 0.281. The number of hydrogen-bond acceptors (Lipinski definition) is 3. The molecule has 1 saturated heterocycles. The second kappa shape index (κ2) is 7.87. The molecule has 4 nitrogen and oxygen atoms in total. The first-order valence-electron chi connectivity index (χ1n) is 8.67. The number of nitrogens with one attached hydrogen (secondary N) is 1. The van der Waals surface area contributed by atoms with Gasteiger partial charge in [0.25, 0.3) is 0 Å². The second-order valence-corrected chi connectivity index (χ2v) is 8.25. The molecule has 0 bridgehead atoms. The van der Waals surface area contributed by atoms with E-state index in [9.17, 15) is 0 Å². The molecular weight excluding hydrogens is 435 g/mol. The van der Waals surface area contributed by atoms with Crippen LogP contribution in [0.2, 0.25) is 10.0 Å². The molecule has 3 heterocycles. The Hall–Kier alpha value is -1.11. The summed E-state index contributed by atoms with van der Waals surface area (Å²) < 4.78 is 3.18. The largest absolute Gasteiger partial charge is 0.315 e. The van der Waals surface area contributed by atoms with Gasteiger partial charge < -0.3 is 9.72 Å². The molecule has 1 aromatic carbocycles. The average molecular weight is 454 g/mol. The summed E-state index contributed by atoms with van der Waals surface area (Å²) >= 11 is 16.2. The third kappa shape index (κ3) is 3.78. The number of imidazole rings is 1. The number of halogens is 3. The minimum atomic E-state index is 0.624. The number of nitrogens with zero attached hydrogens (tertiary/aromatic N) is 3. The van der Waals surface area contributed by atoms with Crippen LogP contribution in [0.1, 0.15) is 12.1 Å². The van der Waals surface area contributed by atoms with Crippen LogP contribution in [0, 0.1) is 0 Å². The summed E-state index contributed by atoms with van der Waals surface area (Å²) in [6.07, 6.45) is 3.22. The maximum Gasteiger partial charge on any atom is 0.137 e. The molecule has 0 radical (unpaired) electrons. The zero-order valence-corrected chi connectivity index (χ0v) is 17.3. The lowest BCUT2D eigenvalue weighted by Gasteiger charge is -2.20. The van der Waals surface area contributed by atoms with Gasteiger partial charge in [-0.1, -0.05) is 23.2 Å². The summed E-state index contributed by atoms with van der Waals surface area (Å²) in [5.41, 5.74) is 3.89. The number of rotatable bonds is 3. The molecule has 2 aromatic heterocycles. The van der Waals surface area contributed by atoms with Crippen LogP contribution in [0.5, 0.6) is 0 Å². The topological polar surface area (TPSA) is 32.6 Å². The summed E-state index contributed by atoms with van der Waals surface area (Å²) in [7, 11) is 0. The zero-order valence-electron chi connectivity index (χ0n) is 14.2. The van der Waals surface area contributed by atoms with Gasteiger partial charge in [-0.2, -0.15) is 0 Å². The van der Waals surface area contributed by atoms with Gasteiger partial charge >= 0.3 is 0 Å². The van der Waals surface area contributed by atoms with Crippen LogP contribution in [-0.4, -0.2) is 40.5 Å². The first-order chi connectivity index (χ1) is 12.6. The third-order valence-electron chi connectivity index (χ3n) is 4.67. The van der Waals surface area contributed by atoms with Crippen LogP contribution < -0.4 is 5.32 Å². The predicted octanol–water partition coefficient (Wildman–Crippen LogP) is 4.87. The Morgan fingerprint density at radius 2 is 2.00 bits per heavy atom. The lowest BCUT2D eigenvalue weighted by Crippen LogP contribution is -2.28. The van der Waals surface area contributed by atoms with E-state index >= 15 is 0 Å². The van der Waals surface area contributed by atoms with E-state index in [-0.39, 0.29) is 0 Å². The van der Waals surface area contributed by atoms with Crippen molar-refractivity contribution in [2.75, 3.05) is 26.2 Å². The van der Waals surface area contributed by atoms with E-state index in [0.29, 0.717) is 10.0 Å². The maximum absolute atomic E-state index is 6.50. The van der Waals surface area contributed by atoms with Gasteiger partial charge in [0.05, 0.1) is 16.4 Å². The minimum Gasteiger partial charge on any atom is -0.315 e.